The highest BCUT2D eigenvalue weighted by Gasteiger charge is 2.09. The van der Waals surface area contributed by atoms with Crippen LogP contribution >= 0.6 is 23.2 Å². The van der Waals surface area contributed by atoms with Crippen LogP contribution in [0.3, 0.4) is 0 Å². The van der Waals surface area contributed by atoms with E-state index in [2.05, 4.69) is 10.3 Å². The fraction of sp³-hybridized carbons (Fsp3) is 0.462. The third kappa shape index (κ3) is 6.12. The quantitative estimate of drug-likeness (QED) is 0.662. The Morgan fingerprint density at radius 3 is 2.28 bits per heavy atom. The Morgan fingerprint density at radius 2 is 1.78 bits per heavy atom. The van der Waals surface area contributed by atoms with Crippen LogP contribution in [-0.4, -0.2) is 18.0 Å². The van der Waals surface area contributed by atoms with E-state index < -0.39 is 0 Å². The Morgan fingerprint density at radius 1 is 1.22 bits per heavy atom. The van der Waals surface area contributed by atoms with Gasteiger partial charge in [-0.2, -0.15) is 0 Å². The fourth-order valence-electron chi connectivity index (χ4n) is 1.48. The maximum Gasteiger partial charge on any atom is 0.188 e. The molecule has 0 bridgehead atoms. The summed E-state index contributed by atoms with van der Waals surface area (Å²) in [6, 6.07) is 5.48. The molecule has 1 aromatic rings. The van der Waals surface area contributed by atoms with Crippen molar-refractivity contribution in [1.29, 1.82) is 0 Å². The third-order valence-electron chi connectivity index (χ3n) is 2.11. The highest BCUT2D eigenvalue weighted by molar-refractivity contribution is 6.34. The molecule has 18 heavy (non-hydrogen) atoms. The number of nitrogens with two attached hydrogens (primary N) is 1. The summed E-state index contributed by atoms with van der Waals surface area (Å²) < 4.78 is 0. The Balaban J connectivity index is 2.53. The zero-order valence-electron chi connectivity index (χ0n) is 10.9. The van der Waals surface area contributed by atoms with Gasteiger partial charge in [-0.05, 0) is 51.0 Å². The van der Waals surface area contributed by atoms with Crippen molar-refractivity contribution in [2.75, 3.05) is 6.54 Å². The summed E-state index contributed by atoms with van der Waals surface area (Å²) in [5.74, 6) is 0.454. The van der Waals surface area contributed by atoms with Gasteiger partial charge in [0.1, 0.15) is 0 Å². The second-order valence-electron chi connectivity index (χ2n) is 5.17. The van der Waals surface area contributed by atoms with Crippen LogP contribution in [-0.2, 0) is 6.42 Å². The molecule has 0 unspecified atom stereocenters. The molecular weight excluding hydrogens is 269 g/mol. The van der Waals surface area contributed by atoms with Crippen LogP contribution in [0.4, 0.5) is 0 Å². The molecule has 100 valence electrons. The minimum absolute atomic E-state index is 0.0764. The van der Waals surface area contributed by atoms with Gasteiger partial charge in [-0.15, -0.1) is 0 Å². The van der Waals surface area contributed by atoms with Gasteiger partial charge in [0.2, 0.25) is 0 Å². The Labute approximate surface area is 118 Å². The normalized spacial score (nSPS) is 12.6. The summed E-state index contributed by atoms with van der Waals surface area (Å²) in [6.45, 7) is 6.70. The molecule has 0 aliphatic carbocycles. The molecule has 0 saturated heterocycles. The number of guanidine groups is 1. The molecule has 5 heteroatoms. The van der Waals surface area contributed by atoms with E-state index in [9.17, 15) is 0 Å². The third-order valence-corrected chi connectivity index (χ3v) is 2.54. The van der Waals surface area contributed by atoms with Gasteiger partial charge in [-0.25, -0.2) is 0 Å². The van der Waals surface area contributed by atoms with Crippen LogP contribution in [0.1, 0.15) is 26.3 Å². The first-order chi connectivity index (χ1) is 8.26. The molecule has 0 aliphatic heterocycles. The number of aliphatic imine (C=N–C) groups is 1. The van der Waals surface area contributed by atoms with Crippen molar-refractivity contribution in [1.82, 2.24) is 5.32 Å². The number of halogens is 2. The summed E-state index contributed by atoms with van der Waals surface area (Å²) in [5.41, 5.74) is 6.75. The smallest absolute Gasteiger partial charge is 0.188 e. The van der Waals surface area contributed by atoms with Crippen molar-refractivity contribution in [2.24, 2.45) is 10.7 Å². The second kappa shape index (κ2) is 6.30. The monoisotopic (exact) mass is 287 g/mol. The van der Waals surface area contributed by atoms with Crippen LogP contribution in [0.2, 0.25) is 10.0 Å². The molecule has 0 atom stereocenters. The minimum atomic E-state index is -0.0764. The van der Waals surface area contributed by atoms with Crippen molar-refractivity contribution in [3.8, 4) is 0 Å². The second-order valence-corrected chi connectivity index (χ2v) is 6.04. The largest absolute Gasteiger partial charge is 0.370 e. The number of nitrogens with one attached hydrogen (secondary N) is 1. The average molecular weight is 288 g/mol. The van der Waals surface area contributed by atoms with E-state index in [4.69, 9.17) is 28.9 Å². The SMILES string of the molecule is CC(C)(C)NC(N)=NCCc1cc(Cl)cc(Cl)c1. The molecular formula is C13H19Cl2N3. The first kappa shape index (κ1) is 15.1. The number of hydrogen-bond donors (Lipinski definition) is 2. The van der Waals surface area contributed by atoms with E-state index in [0.717, 1.165) is 12.0 Å². The van der Waals surface area contributed by atoms with Crippen molar-refractivity contribution >= 4 is 29.2 Å². The first-order valence-corrected chi connectivity index (χ1v) is 6.55. The number of rotatable bonds is 3. The minimum Gasteiger partial charge on any atom is -0.370 e. The molecule has 0 heterocycles. The maximum atomic E-state index is 5.92. The molecule has 1 rings (SSSR count). The van der Waals surface area contributed by atoms with Crippen LogP contribution in [0.25, 0.3) is 0 Å². The molecule has 0 spiro atoms. The standard InChI is InChI=1S/C13H19Cl2N3/c1-13(2,3)18-12(16)17-5-4-9-6-10(14)8-11(15)7-9/h6-8H,4-5H2,1-3H3,(H3,16,17,18). The average Bonchev–Trinajstić information content (AvgIpc) is 2.12. The number of hydrogen-bond acceptors (Lipinski definition) is 1. The number of benzene rings is 1. The van der Waals surface area contributed by atoms with Crippen molar-refractivity contribution in [3.63, 3.8) is 0 Å². The van der Waals surface area contributed by atoms with Crippen LogP contribution in [0.5, 0.6) is 0 Å². The summed E-state index contributed by atoms with van der Waals surface area (Å²) >= 11 is 11.8. The lowest BCUT2D eigenvalue weighted by molar-refractivity contribution is 0.508. The van der Waals surface area contributed by atoms with Gasteiger partial charge in [-0.3, -0.25) is 4.99 Å². The predicted octanol–water partition coefficient (Wildman–Crippen LogP) is 3.24. The van der Waals surface area contributed by atoms with Gasteiger partial charge in [0.15, 0.2) is 5.96 Å². The molecule has 0 radical (unpaired) electrons. The van der Waals surface area contributed by atoms with Gasteiger partial charge in [-0.1, -0.05) is 23.2 Å². The predicted molar refractivity (Wildman–Crippen MR) is 79.5 cm³/mol. The lowest BCUT2D eigenvalue weighted by atomic mass is 10.1. The van der Waals surface area contributed by atoms with Gasteiger partial charge in [0.05, 0.1) is 0 Å². The maximum absolute atomic E-state index is 5.92. The van der Waals surface area contributed by atoms with Crippen molar-refractivity contribution in [2.45, 2.75) is 32.7 Å². The van der Waals surface area contributed by atoms with E-state index in [1.165, 1.54) is 0 Å². The molecule has 3 nitrogen and oxygen atoms in total. The Bertz CT molecular complexity index is 416. The molecule has 0 fully saturated rings. The summed E-state index contributed by atoms with van der Waals surface area (Å²) in [7, 11) is 0. The van der Waals surface area contributed by atoms with Crippen LogP contribution < -0.4 is 11.1 Å². The Hall–Kier alpha value is -0.930. The lowest BCUT2D eigenvalue weighted by Gasteiger charge is -2.20. The lowest BCUT2D eigenvalue weighted by Crippen LogP contribution is -2.45. The van der Waals surface area contributed by atoms with Gasteiger partial charge in [0.25, 0.3) is 0 Å². The van der Waals surface area contributed by atoms with E-state index in [0.29, 0.717) is 22.5 Å². The highest BCUT2D eigenvalue weighted by Crippen LogP contribution is 2.19. The van der Waals surface area contributed by atoms with Gasteiger partial charge in [0, 0.05) is 22.1 Å². The zero-order valence-corrected chi connectivity index (χ0v) is 12.4. The van der Waals surface area contributed by atoms with E-state index in [1.54, 1.807) is 6.07 Å². The molecule has 1 aromatic carbocycles. The van der Waals surface area contributed by atoms with Crippen molar-refractivity contribution in [3.05, 3.63) is 33.8 Å². The molecule has 3 N–H and O–H groups in total. The highest BCUT2D eigenvalue weighted by atomic mass is 35.5. The molecule has 0 saturated carbocycles. The summed E-state index contributed by atoms with van der Waals surface area (Å²) in [5, 5.41) is 4.39. The van der Waals surface area contributed by atoms with Crippen LogP contribution in [0.15, 0.2) is 23.2 Å². The Kier molecular flexibility index (Phi) is 5.29. The molecule has 0 amide bonds. The van der Waals surface area contributed by atoms with E-state index in [1.807, 2.05) is 32.9 Å². The van der Waals surface area contributed by atoms with E-state index >= 15 is 0 Å². The summed E-state index contributed by atoms with van der Waals surface area (Å²) in [6.07, 6.45) is 0.757. The molecule has 0 aromatic heterocycles. The fourth-order valence-corrected chi connectivity index (χ4v) is 2.06. The van der Waals surface area contributed by atoms with Crippen LogP contribution in [0, 0.1) is 0 Å². The van der Waals surface area contributed by atoms with Crippen molar-refractivity contribution < 1.29 is 0 Å². The molecule has 0 aliphatic rings. The van der Waals surface area contributed by atoms with Gasteiger partial charge < -0.3 is 11.1 Å². The van der Waals surface area contributed by atoms with E-state index in [-0.39, 0.29) is 5.54 Å². The van der Waals surface area contributed by atoms with Gasteiger partial charge >= 0.3 is 0 Å². The summed E-state index contributed by atoms with van der Waals surface area (Å²) in [4.78, 5) is 4.26. The zero-order chi connectivity index (χ0) is 13.8. The number of nitrogens with zero attached hydrogens (tertiary/aromatic N) is 1. The first-order valence-electron chi connectivity index (χ1n) is 5.79. The topological polar surface area (TPSA) is 50.4 Å².